The van der Waals surface area contributed by atoms with Crippen LogP contribution in [-0.2, 0) is 6.54 Å². The first-order chi connectivity index (χ1) is 13.0. The maximum absolute atomic E-state index is 14.2. The summed E-state index contributed by atoms with van der Waals surface area (Å²) in [6.07, 6.45) is 0.143. The molecule has 27 heavy (non-hydrogen) atoms. The second kappa shape index (κ2) is 8.39. The van der Waals surface area contributed by atoms with E-state index in [1.54, 1.807) is 24.3 Å². The van der Waals surface area contributed by atoms with Crippen molar-refractivity contribution >= 4 is 5.91 Å². The van der Waals surface area contributed by atoms with Gasteiger partial charge in [-0.3, -0.25) is 9.78 Å². The highest BCUT2D eigenvalue weighted by Crippen LogP contribution is 2.22. The third-order valence-corrected chi connectivity index (χ3v) is 3.64. The van der Waals surface area contributed by atoms with Gasteiger partial charge < -0.3 is 14.5 Å². The van der Waals surface area contributed by atoms with Crippen molar-refractivity contribution in [1.29, 1.82) is 0 Å². The Bertz CT molecular complexity index is 914. The maximum Gasteiger partial charge on any atom is 0.272 e. The largest absolute Gasteiger partial charge is 0.488 e. The molecule has 1 amide bonds. The van der Waals surface area contributed by atoms with E-state index in [9.17, 15) is 18.0 Å². The number of nitrogens with one attached hydrogen (secondary N) is 1. The molecule has 0 atom stereocenters. The minimum atomic E-state index is -2.62. The molecule has 0 aliphatic rings. The van der Waals surface area contributed by atoms with E-state index in [0.717, 1.165) is 0 Å². The number of benzene rings is 1. The minimum absolute atomic E-state index is 0.0191. The zero-order valence-electron chi connectivity index (χ0n) is 14.0. The van der Waals surface area contributed by atoms with Crippen LogP contribution < -0.4 is 10.1 Å². The smallest absolute Gasteiger partial charge is 0.272 e. The summed E-state index contributed by atoms with van der Waals surface area (Å²) in [5.74, 6) is -0.433. The topological polar surface area (TPSA) is 64.4 Å². The molecule has 0 saturated carbocycles. The number of carbonyl (C=O) groups is 1. The van der Waals surface area contributed by atoms with Crippen molar-refractivity contribution in [2.75, 3.05) is 6.61 Å². The Morgan fingerprint density at radius 2 is 2.07 bits per heavy atom. The highest BCUT2D eigenvalue weighted by molar-refractivity contribution is 5.92. The fourth-order valence-electron chi connectivity index (χ4n) is 2.34. The molecule has 0 aliphatic carbocycles. The summed E-state index contributed by atoms with van der Waals surface area (Å²) in [4.78, 5) is 16.0. The molecule has 0 bridgehead atoms. The lowest BCUT2D eigenvalue weighted by Crippen LogP contribution is -2.24. The van der Waals surface area contributed by atoms with Crippen LogP contribution in [0.4, 0.5) is 13.2 Å². The summed E-state index contributed by atoms with van der Waals surface area (Å²) in [5.41, 5.74) is 0.844. The molecule has 2 heterocycles. The van der Waals surface area contributed by atoms with Gasteiger partial charge in [0.05, 0.1) is 6.26 Å². The number of hydrogen-bond donors (Lipinski definition) is 1. The number of halogens is 3. The number of pyridine rings is 1. The molecule has 8 heteroatoms. The van der Waals surface area contributed by atoms with Gasteiger partial charge in [0.25, 0.3) is 12.3 Å². The third-order valence-electron chi connectivity index (χ3n) is 3.64. The van der Waals surface area contributed by atoms with Gasteiger partial charge in [-0.2, -0.15) is 0 Å². The first-order valence-electron chi connectivity index (χ1n) is 8.00. The van der Waals surface area contributed by atoms with Gasteiger partial charge in [-0.15, -0.1) is 0 Å². The van der Waals surface area contributed by atoms with E-state index in [4.69, 9.17) is 9.15 Å². The lowest BCUT2D eigenvalue weighted by Gasteiger charge is -2.09. The van der Waals surface area contributed by atoms with Crippen molar-refractivity contribution in [3.63, 3.8) is 0 Å². The Balaban J connectivity index is 1.63. The maximum atomic E-state index is 14.2. The molecule has 140 valence electrons. The molecule has 0 spiro atoms. The Labute approximate surface area is 152 Å². The first-order valence-corrected chi connectivity index (χ1v) is 8.00. The van der Waals surface area contributed by atoms with E-state index in [1.165, 1.54) is 30.7 Å². The fraction of sp³-hybridized carbons (Fsp3) is 0.158. The summed E-state index contributed by atoms with van der Waals surface area (Å²) < 4.78 is 48.7. The van der Waals surface area contributed by atoms with Gasteiger partial charge in [-0.1, -0.05) is 12.1 Å². The van der Waals surface area contributed by atoms with Crippen LogP contribution in [0.1, 0.15) is 16.1 Å². The van der Waals surface area contributed by atoms with Crippen LogP contribution in [0.2, 0.25) is 0 Å². The molecular weight excluding hydrogens is 361 g/mol. The number of carbonyl (C=O) groups excluding carboxylic acids is 1. The summed E-state index contributed by atoms with van der Waals surface area (Å²) in [6, 6.07) is 10.6. The number of amides is 1. The van der Waals surface area contributed by atoms with Crippen LogP contribution in [-0.4, -0.2) is 23.9 Å². The highest BCUT2D eigenvalue weighted by Gasteiger charge is 2.12. The molecule has 0 radical (unpaired) electrons. The van der Waals surface area contributed by atoms with Crippen LogP contribution in [0, 0.1) is 5.82 Å². The van der Waals surface area contributed by atoms with Gasteiger partial charge in [0.15, 0.2) is 0 Å². The van der Waals surface area contributed by atoms with Crippen molar-refractivity contribution in [3.8, 4) is 17.1 Å². The van der Waals surface area contributed by atoms with Crippen LogP contribution in [0.15, 0.2) is 59.3 Å². The summed E-state index contributed by atoms with van der Waals surface area (Å²) >= 11 is 0. The van der Waals surface area contributed by atoms with Crippen molar-refractivity contribution < 1.29 is 27.1 Å². The second-order valence-corrected chi connectivity index (χ2v) is 5.55. The molecule has 0 saturated heterocycles. The van der Waals surface area contributed by atoms with Gasteiger partial charge in [0.2, 0.25) is 0 Å². The molecule has 0 aliphatic heterocycles. The number of alkyl halides is 2. The predicted octanol–water partition coefficient (Wildman–Crippen LogP) is 4.05. The summed E-state index contributed by atoms with van der Waals surface area (Å²) in [7, 11) is 0. The SMILES string of the molecule is O=C(NCc1ccc(-c2ccco2)cc1F)c1cc(OCC(F)F)ccn1. The molecular formula is C19H15F3N2O3. The number of nitrogens with zero attached hydrogens (tertiary/aromatic N) is 1. The van der Waals surface area contributed by atoms with E-state index < -0.39 is 24.8 Å². The summed E-state index contributed by atoms with van der Waals surface area (Å²) in [6.45, 7) is -0.842. The van der Waals surface area contributed by atoms with E-state index in [1.807, 2.05) is 0 Å². The van der Waals surface area contributed by atoms with Crippen molar-refractivity contribution in [1.82, 2.24) is 10.3 Å². The summed E-state index contributed by atoms with van der Waals surface area (Å²) in [5, 5.41) is 2.53. The molecule has 5 nitrogen and oxygen atoms in total. The van der Waals surface area contributed by atoms with Gasteiger partial charge in [-0.05, 0) is 24.3 Å². The number of rotatable bonds is 7. The quantitative estimate of drug-likeness (QED) is 0.676. The Kier molecular flexibility index (Phi) is 5.75. The first kappa shape index (κ1) is 18.5. The fourth-order valence-corrected chi connectivity index (χ4v) is 2.34. The number of furan rings is 1. The van der Waals surface area contributed by atoms with Crippen LogP contribution in [0.25, 0.3) is 11.3 Å². The normalized spacial score (nSPS) is 10.8. The standard InChI is InChI=1S/C19H15F3N2O3/c20-15-8-12(17-2-1-7-26-17)3-4-13(15)10-24-19(25)16-9-14(5-6-23-16)27-11-18(21)22/h1-9,18H,10-11H2,(H,24,25). The average Bonchev–Trinajstić information content (AvgIpc) is 3.20. The molecule has 2 aromatic heterocycles. The predicted molar refractivity (Wildman–Crippen MR) is 91.0 cm³/mol. The van der Waals surface area contributed by atoms with E-state index in [-0.39, 0.29) is 23.6 Å². The van der Waals surface area contributed by atoms with Crippen molar-refractivity contribution in [3.05, 3.63) is 72.0 Å². The van der Waals surface area contributed by atoms with Gasteiger partial charge in [0, 0.05) is 29.9 Å². The monoisotopic (exact) mass is 376 g/mol. The zero-order chi connectivity index (χ0) is 19.2. The van der Waals surface area contributed by atoms with E-state index in [0.29, 0.717) is 11.3 Å². The number of hydrogen-bond acceptors (Lipinski definition) is 4. The Morgan fingerprint density at radius 1 is 1.22 bits per heavy atom. The second-order valence-electron chi connectivity index (χ2n) is 5.55. The molecule has 3 aromatic rings. The minimum Gasteiger partial charge on any atom is -0.488 e. The van der Waals surface area contributed by atoms with Crippen molar-refractivity contribution in [2.24, 2.45) is 0 Å². The Hall–Kier alpha value is -3.29. The van der Waals surface area contributed by atoms with Gasteiger partial charge in [0.1, 0.15) is 29.6 Å². The van der Waals surface area contributed by atoms with Crippen LogP contribution in [0.3, 0.4) is 0 Å². The van der Waals surface area contributed by atoms with E-state index >= 15 is 0 Å². The highest BCUT2D eigenvalue weighted by atomic mass is 19.3. The molecule has 0 unspecified atom stereocenters. The average molecular weight is 376 g/mol. The molecule has 0 fully saturated rings. The molecule has 1 N–H and O–H groups in total. The van der Waals surface area contributed by atoms with E-state index in [2.05, 4.69) is 10.3 Å². The Morgan fingerprint density at radius 3 is 2.78 bits per heavy atom. The van der Waals surface area contributed by atoms with Crippen LogP contribution >= 0.6 is 0 Å². The number of ether oxygens (including phenoxy) is 1. The van der Waals surface area contributed by atoms with Crippen molar-refractivity contribution in [2.45, 2.75) is 13.0 Å². The number of aromatic nitrogens is 1. The lowest BCUT2D eigenvalue weighted by molar-refractivity contribution is 0.0817. The zero-order valence-corrected chi connectivity index (χ0v) is 14.0. The lowest BCUT2D eigenvalue weighted by atomic mass is 10.1. The third kappa shape index (κ3) is 4.87. The van der Waals surface area contributed by atoms with Gasteiger partial charge in [-0.25, -0.2) is 13.2 Å². The van der Waals surface area contributed by atoms with Gasteiger partial charge >= 0.3 is 0 Å². The molecule has 1 aromatic carbocycles. The molecule has 3 rings (SSSR count). The van der Waals surface area contributed by atoms with Crippen LogP contribution in [0.5, 0.6) is 5.75 Å².